The van der Waals surface area contributed by atoms with Gasteiger partial charge in [0.15, 0.2) is 0 Å². The Hall–Kier alpha value is 0.0500. The molecule has 0 rings (SSSR count). The van der Waals surface area contributed by atoms with Gasteiger partial charge < -0.3 is 9.90 Å². The molecule has 0 saturated carbocycles. The zero-order valence-corrected chi connectivity index (χ0v) is 8.16. The molecule has 1 atom stereocenters. The number of alkyl halides is 6. The van der Waals surface area contributed by atoms with Crippen molar-refractivity contribution in [2.24, 2.45) is 0 Å². The zero-order valence-electron chi connectivity index (χ0n) is 6.16. The standard InChI is InChI=1S/C4H2F6O2.Na/c5-1(4(8,9)10)3(6,7)2(11)12;/h1H,(H,11,12);/q;+1/p-1. The Morgan fingerprint density at radius 3 is 1.54 bits per heavy atom. The van der Waals surface area contributed by atoms with Gasteiger partial charge >= 0.3 is 41.7 Å². The summed E-state index contributed by atoms with van der Waals surface area (Å²) in [7, 11) is 0. The molecule has 0 aliphatic heterocycles. The van der Waals surface area contributed by atoms with E-state index in [1.54, 1.807) is 0 Å². The minimum atomic E-state index is -5.91. The Morgan fingerprint density at radius 1 is 1.15 bits per heavy atom. The summed E-state index contributed by atoms with van der Waals surface area (Å²) in [5, 5.41) is 9.31. The number of aliphatic carboxylic acids is 1. The molecule has 0 aliphatic rings. The third-order valence-electron chi connectivity index (χ3n) is 0.878. The van der Waals surface area contributed by atoms with E-state index in [1.165, 1.54) is 0 Å². The Kier molecular flexibility index (Phi) is 5.39. The van der Waals surface area contributed by atoms with Crippen LogP contribution >= 0.6 is 0 Å². The number of rotatable bonds is 2. The van der Waals surface area contributed by atoms with Crippen LogP contribution < -0.4 is 34.7 Å². The number of carboxylic acids is 1. The van der Waals surface area contributed by atoms with Crippen molar-refractivity contribution in [2.45, 2.75) is 18.3 Å². The normalized spacial score (nSPS) is 14.6. The third kappa shape index (κ3) is 3.74. The predicted molar refractivity (Wildman–Crippen MR) is 20.9 cm³/mol. The van der Waals surface area contributed by atoms with Crippen LogP contribution in [0.5, 0.6) is 0 Å². The second-order valence-corrected chi connectivity index (χ2v) is 1.81. The van der Waals surface area contributed by atoms with E-state index in [0.29, 0.717) is 0 Å². The Morgan fingerprint density at radius 2 is 1.46 bits per heavy atom. The van der Waals surface area contributed by atoms with Crippen molar-refractivity contribution >= 4 is 5.97 Å². The Labute approximate surface area is 90.2 Å². The molecule has 0 amide bonds. The molecule has 72 valence electrons. The van der Waals surface area contributed by atoms with Crippen LogP contribution in [-0.2, 0) is 4.79 Å². The van der Waals surface area contributed by atoms with Gasteiger partial charge in [0.1, 0.15) is 5.97 Å². The van der Waals surface area contributed by atoms with Crippen LogP contribution in [0.2, 0.25) is 0 Å². The third-order valence-corrected chi connectivity index (χ3v) is 0.878. The summed E-state index contributed by atoms with van der Waals surface area (Å²) in [6.07, 6.45) is -10.7. The average molecular weight is 218 g/mol. The second-order valence-electron chi connectivity index (χ2n) is 1.81. The molecule has 0 aromatic rings. The van der Waals surface area contributed by atoms with Crippen molar-refractivity contribution < 1.29 is 65.8 Å². The maximum Gasteiger partial charge on any atom is 1.00 e. The summed E-state index contributed by atoms with van der Waals surface area (Å²) in [5.41, 5.74) is 0. The van der Waals surface area contributed by atoms with Gasteiger partial charge in [0, 0.05) is 0 Å². The van der Waals surface area contributed by atoms with E-state index in [2.05, 4.69) is 0 Å². The van der Waals surface area contributed by atoms with E-state index >= 15 is 0 Å². The maximum atomic E-state index is 11.7. The number of carbonyl (C=O) groups is 1. The molecular formula is C4HF6NaO2. The summed E-state index contributed by atoms with van der Waals surface area (Å²) >= 11 is 0. The number of hydrogen-bond donors (Lipinski definition) is 0. The molecule has 9 heteroatoms. The Bertz CT molecular complexity index is 190. The van der Waals surface area contributed by atoms with Crippen molar-refractivity contribution in [2.75, 3.05) is 0 Å². The monoisotopic (exact) mass is 218 g/mol. The van der Waals surface area contributed by atoms with Gasteiger partial charge in [-0.15, -0.1) is 0 Å². The molecule has 0 saturated heterocycles. The summed E-state index contributed by atoms with van der Waals surface area (Å²) in [4.78, 5) is 9.31. The van der Waals surface area contributed by atoms with Gasteiger partial charge in [-0.2, -0.15) is 22.0 Å². The molecule has 1 unspecified atom stereocenters. The molecule has 0 heterocycles. The first-order valence-electron chi connectivity index (χ1n) is 2.40. The van der Waals surface area contributed by atoms with Crippen LogP contribution in [0.3, 0.4) is 0 Å². The molecule has 0 N–H and O–H groups in total. The maximum absolute atomic E-state index is 11.7. The quantitative estimate of drug-likeness (QED) is 0.373. The minimum Gasteiger partial charge on any atom is -0.544 e. The van der Waals surface area contributed by atoms with Crippen molar-refractivity contribution in [1.29, 1.82) is 0 Å². The van der Waals surface area contributed by atoms with Crippen LogP contribution in [-0.4, -0.2) is 24.2 Å². The topological polar surface area (TPSA) is 40.1 Å². The molecule has 2 nitrogen and oxygen atoms in total. The van der Waals surface area contributed by atoms with Crippen LogP contribution in [0, 0.1) is 0 Å². The van der Waals surface area contributed by atoms with E-state index in [1.807, 2.05) is 0 Å². The average Bonchev–Trinajstić information content (AvgIpc) is 1.83. The predicted octanol–water partition coefficient (Wildman–Crippen LogP) is -2.72. The van der Waals surface area contributed by atoms with Gasteiger partial charge in [-0.1, -0.05) is 0 Å². The largest absolute Gasteiger partial charge is 1.00 e. The van der Waals surface area contributed by atoms with E-state index < -0.39 is 24.2 Å². The molecule has 13 heavy (non-hydrogen) atoms. The molecule has 0 aliphatic carbocycles. The van der Waals surface area contributed by atoms with Gasteiger partial charge in [0.25, 0.3) is 6.17 Å². The van der Waals surface area contributed by atoms with Crippen molar-refractivity contribution in [1.82, 2.24) is 0 Å². The first-order valence-corrected chi connectivity index (χ1v) is 2.40. The van der Waals surface area contributed by atoms with Crippen molar-refractivity contribution in [3.8, 4) is 0 Å². The van der Waals surface area contributed by atoms with Crippen LogP contribution in [0.15, 0.2) is 0 Å². The molecule has 0 fully saturated rings. The fourth-order valence-corrected chi connectivity index (χ4v) is 0.309. The summed E-state index contributed by atoms with van der Waals surface area (Å²) in [6, 6.07) is 0. The zero-order chi connectivity index (χ0) is 10.2. The van der Waals surface area contributed by atoms with Gasteiger partial charge in [-0.05, 0) is 0 Å². The van der Waals surface area contributed by atoms with E-state index in [4.69, 9.17) is 0 Å². The first kappa shape index (κ1) is 15.5. The number of hydrogen-bond acceptors (Lipinski definition) is 2. The fraction of sp³-hybridized carbons (Fsp3) is 0.750. The Balaban J connectivity index is 0. The number of carbonyl (C=O) groups excluding carboxylic acids is 1. The second kappa shape index (κ2) is 4.52. The first-order chi connectivity index (χ1) is 5.10. The summed E-state index contributed by atoms with van der Waals surface area (Å²) < 4.78 is 68.5. The number of halogens is 6. The van der Waals surface area contributed by atoms with Gasteiger partial charge in [0.2, 0.25) is 0 Å². The summed E-state index contributed by atoms with van der Waals surface area (Å²) in [6.45, 7) is 0. The fourth-order valence-electron chi connectivity index (χ4n) is 0.309. The molecule has 0 bridgehead atoms. The van der Waals surface area contributed by atoms with Gasteiger partial charge in [-0.25, -0.2) is 4.39 Å². The van der Waals surface area contributed by atoms with Gasteiger partial charge in [0.05, 0.1) is 0 Å². The molecule has 0 radical (unpaired) electrons. The van der Waals surface area contributed by atoms with E-state index in [9.17, 15) is 36.2 Å². The SMILES string of the molecule is O=C([O-])C(F)(F)C(F)C(F)(F)F.[Na+]. The van der Waals surface area contributed by atoms with E-state index in [0.717, 1.165) is 0 Å². The van der Waals surface area contributed by atoms with E-state index in [-0.39, 0.29) is 29.6 Å². The summed E-state index contributed by atoms with van der Waals surface area (Å²) in [5.74, 6) is -8.94. The van der Waals surface area contributed by atoms with Crippen LogP contribution in [0.25, 0.3) is 0 Å². The molecular weight excluding hydrogens is 217 g/mol. The molecule has 0 spiro atoms. The smallest absolute Gasteiger partial charge is 0.544 e. The van der Waals surface area contributed by atoms with Crippen LogP contribution in [0.1, 0.15) is 0 Å². The number of carboxylic acid groups (broad SMARTS) is 1. The van der Waals surface area contributed by atoms with Crippen LogP contribution in [0.4, 0.5) is 26.3 Å². The molecule has 0 aromatic carbocycles. The van der Waals surface area contributed by atoms with Gasteiger partial charge in [-0.3, -0.25) is 0 Å². The van der Waals surface area contributed by atoms with Crippen molar-refractivity contribution in [3.05, 3.63) is 0 Å². The van der Waals surface area contributed by atoms with Crippen molar-refractivity contribution in [3.63, 3.8) is 0 Å². The molecule has 0 aromatic heterocycles. The minimum absolute atomic E-state index is 0.